The van der Waals surface area contributed by atoms with Crippen LogP contribution in [-0.4, -0.2) is 49.9 Å². The summed E-state index contributed by atoms with van der Waals surface area (Å²) >= 11 is 6.55. The number of anilines is 1. The van der Waals surface area contributed by atoms with Gasteiger partial charge in [-0.15, -0.1) is 0 Å². The molecule has 0 spiro atoms. The number of ether oxygens (including phenoxy) is 1. The van der Waals surface area contributed by atoms with Crippen molar-refractivity contribution < 1.29 is 18.7 Å². The first-order chi connectivity index (χ1) is 15.6. The normalized spacial score (nSPS) is 13.8. The van der Waals surface area contributed by atoms with Gasteiger partial charge in [0.25, 0.3) is 5.91 Å². The predicted octanol–water partition coefficient (Wildman–Crippen LogP) is 5.16. The highest BCUT2D eigenvalue weighted by atomic mass is 35.5. The molecule has 2 aromatic carbocycles. The number of carbonyl (C=O) groups excluding carboxylic acids is 2. The van der Waals surface area contributed by atoms with Crippen LogP contribution in [-0.2, 0) is 0 Å². The van der Waals surface area contributed by atoms with E-state index >= 15 is 0 Å². The van der Waals surface area contributed by atoms with Crippen molar-refractivity contribution in [2.45, 2.75) is 13.3 Å². The Hall–Kier alpha value is -3.25. The van der Waals surface area contributed by atoms with Crippen LogP contribution in [0.5, 0.6) is 5.75 Å². The highest BCUT2D eigenvalue weighted by Crippen LogP contribution is 2.32. The first-order valence-corrected chi connectivity index (χ1v) is 11.1. The molecule has 3 aromatic rings. The van der Waals surface area contributed by atoms with Crippen LogP contribution >= 0.6 is 11.6 Å². The average molecular weight is 453 g/mol. The van der Waals surface area contributed by atoms with E-state index < -0.39 is 0 Å². The molecule has 1 aromatic heterocycles. The van der Waals surface area contributed by atoms with Crippen LogP contribution in [0.2, 0.25) is 5.02 Å². The summed E-state index contributed by atoms with van der Waals surface area (Å²) in [5.41, 5.74) is 2.40. The highest BCUT2D eigenvalue weighted by molar-refractivity contribution is 6.33. The van der Waals surface area contributed by atoms with Gasteiger partial charge >= 0.3 is 0 Å². The molecule has 1 aliphatic rings. The van der Waals surface area contributed by atoms with Gasteiger partial charge in [0.15, 0.2) is 12.0 Å². The number of amides is 1. The Balaban J connectivity index is 1.38. The summed E-state index contributed by atoms with van der Waals surface area (Å²) in [5.74, 6) is 1.69. The predicted molar refractivity (Wildman–Crippen MR) is 125 cm³/mol. The van der Waals surface area contributed by atoms with Gasteiger partial charge in [-0.3, -0.25) is 9.59 Å². The minimum Gasteiger partial charge on any atom is -0.494 e. The van der Waals surface area contributed by atoms with E-state index in [4.69, 9.17) is 20.8 Å². The second-order valence-electron chi connectivity index (χ2n) is 7.64. The fourth-order valence-electron chi connectivity index (χ4n) is 3.73. The third-order valence-corrected chi connectivity index (χ3v) is 5.76. The molecule has 0 saturated carbocycles. The first-order valence-electron chi connectivity index (χ1n) is 10.7. The lowest BCUT2D eigenvalue weighted by molar-refractivity contribution is 0.0746. The molecule has 6 nitrogen and oxygen atoms in total. The monoisotopic (exact) mass is 452 g/mol. The smallest absolute Gasteiger partial charge is 0.253 e. The summed E-state index contributed by atoms with van der Waals surface area (Å²) in [5, 5.41) is 0.606. The van der Waals surface area contributed by atoms with E-state index in [9.17, 15) is 9.59 Å². The molecule has 1 saturated heterocycles. The molecule has 32 heavy (non-hydrogen) atoms. The van der Waals surface area contributed by atoms with Gasteiger partial charge in [0.2, 0.25) is 0 Å². The van der Waals surface area contributed by atoms with E-state index in [1.165, 1.54) is 0 Å². The topological polar surface area (TPSA) is 63.0 Å². The lowest BCUT2D eigenvalue weighted by Gasteiger charge is -2.36. The first kappa shape index (κ1) is 22.0. The van der Waals surface area contributed by atoms with Crippen LogP contribution in [0.25, 0.3) is 11.3 Å². The molecule has 1 fully saturated rings. The summed E-state index contributed by atoms with van der Waals surface area (Å²) in [6, 6.07) is 16.4. The second kappa shape index (κ2) is 9.92. The van der Waals surface area contributed by atoms with Crippen molar-refractivity contribution in [1.29, 1.82) is 0 Å². The third-order valence-electron chi connectivity index (χ3n) is 5.46. The molecule has 0 radical (unpaired) electrons. The third kappa shape index (κ3) is 4.81. The van der Waals surface area contributed by atoms with Crippen molar-refractivity contribution in [3.05, 3.63) is 70.9 Å². The Morgan fingerprint density at radius 2 is 1.81 bits per heavy atom. The van der Waals surface area contributed by atoms with Crippen molar-refractivity contribution >= 4 is 29.5 Å². The number of nitrogens with zero attached hydrogens (tertiary/aromatic N) is 2. The Kier molecular flexibility index (Phi) is 6.81. The van der Waals surface area contributed by atoms with Gasteiger partial charge in [-0.05, 0) is 61.0 Å². The zero-order chi connectivity index (χ0) is 22.5. The zero-order valence-corrected chi connectivity index (χ0v) is 18.7. The van der Waals surface area contributed by atoms with Gasteiger partial charge in [0.1, 0.15) is 11.5 Å². The van der Waals surface area contributed by atoms with Gasteiger partial charge in [0.05, 0.1) is 17.3 Å². The summed E-state index contributed by atoms with van der Waals surface area (Å²) < 4.78 is 11.1. The molecular formula is C25H25ClN2O4. The van der Waals surface area contributed by atoms with Crippen molar-refractivity contribution in [2.75, 3.05) is 37.7 Å². The number of carbonyl (C=O) groups is 2. The Morgan fingerprint density at radius 1 is 1.06 bits per heavy atom. The van der Waals surface area contributed by atoms with Crippen LogP contribution in [0.1, 0.15) is 34.3 Å². The van der Waals surface area contributed by atoms with Crippen molar-refractivity contribution in [3.8, 4) is 17.1 Å². The minimum atomic E-state index is 0.0249. The molecule has 1 amide bonds. The van der Waals surface area contributed by atoms with Crippen LogP contribution in [0.15, 0.2) is 59.0 Å². The number of hydrogen-bond acceptors (Lipinski definition) is 5. The van der Waals surface area contributed by atoms with E-state index in [-0.39, 0.29) is 11.7 Å². The summed E-state index contributed by atoms with van der Waals surface area (Å²) in [4.78, 5) is 27.7. The molecule has 4 rings (SSSR count). The number of benzene rings is 2. The summed E-state index contributed by atoms with van der Waals surface area (Å²) in [7, 11) is 0. The quantitative estimate of drug-likeness (QED) is 0.463. The minimum absolute atomic E-state index is 0.0249. The Bertz CT molecular complexity index is 1090. The van der Waals surface area contributed by atoms with E-state index in [1.807, 2.05) is 47.4 Å². The zero-order valence-electron chi connectivity index (χ0n) is 17.9. The van der Waals surface area contributed by atoms with Gasteiger partial charge < -0.3 is 19.0 Å². The second-order valence-corrected chi connectivity index (χ2v) is 8.05. The fourth-order valence-corrected chi connectivity index (χ4v) is 4.03. The molecule has 0 unspecified atom stereocenters. The SMILES string of the molecule is CCCOc1ccc(C(=O)N2CCN(c3ccc(-c4ccc(C=O)o4)cc3Cl)CC2)cc1. The van der Waals surface area contributed by atoms with E-state index in [0.717, 1.165) is 23.4 Å². The molecule has 7 heteroatoms. The van der Waals surface area contributed by atoms with E-state index in [2.05, 4.69) is 11.8 Å². The van der Waals surface area contributed by atoms with Crippen molar-refractivity contribution in [1.82, 2.24) is 4.90 Å². The number of furan rings is 1. The summed E-state index contributed by atoms with van der Waals surface area (Å²) in [6.45, 7) is 5.34. The van der Waals surface area contributed by atoms with E-state index in [0.29, 0.717) is 55.4 Å². The number of hydrogen-bond donors (Lipinski definition) is 0. The molecular weight excluding hydrogens is 428 g/mol. The lowest BCUT2D eigenvalue weighted by atomic mass is 10.1. The van der Waals surface area contributed by atoms with Crippen molar-refractivity contribution in [3.63, 3.8) is 0 Å². The van der Waals surface area contributed by atoms with Gasteiger partial charge in [-0.25, -0.2) is 0 Å². The molecule has 0 aliphatic carbocycles. The maximum Gasteiger partial charge on any atom is 0.253 e. The fraction of sp³-hybridized carbons (Fsp3) is 0.280. The number of halogens is 1. The van der Waals surface area contributed by atoms with Gasteiger partial charge in [-0.1, -0.05) is 18.5 Å². The maximum atomic E-state index is 12.9. The van der Waals surface area contributed by atoms with Crippen LogP contribution in [0, 0.1) is 0 Å². The van der Waals surface area contributed by atoms with Crippen LogP contribution in [0.4, 0.5) is 5.69 Å². The highest BCUT2D eigenvalue weighted by Gasteiger charge is 2.23. The van der Waals surface area contributed by atoms with Gasteiger partial charge in [0, 0.05) is 37.3 Å². The van der Waals surface area contributed by atoms with Crippen LogP contribution < -0.4 is 9.64 Å². The number of aldehydes is 1. The average Bonchev–Trinajstić information content (AvgIpc) is 3.32. The number of piperazine rings is 1. The molecule has 0 N–H and O–H groups in total. The maximum absolute atomic E-state index is 12.9. The van der Waals surface area contributed by atoms with Crippen molar-refractivity contribution in [2.24, 2.45) is 0 Å². The molecule has 166 valence electrons. The standard InChI is InChI=1S/C25H25ClN2O4/c1-2-15-31-20-6-3-18(4-7-20)25(30)28-13-11-27(12-14-28)23-9-5-19(16-22(23)26)24-10-8-21(17-29)32-24/h3-10,16-17H,2,11-15H2,1H3. The Labute approximate surface area is 192 Å². The van der Waals surface area contributed by atoms with Crippen LogP contribution in [0.3, 0.4) is 0 Å². The largest absolute Gasteiger partial charge is 0.494 e. The molecule has 0 atom stereocenters. The van der Waals surface area contributed by atoms with E-state index in [1.54, 1.807) is 12.1 Å². The molecule has 1 aliphatic heterocycles. The molecule has 0 bridgehead atoms. The summed E-state index contributed by atoms with van der Waals surface area (Å²) in [6.07, 6.45) is 1.62. The number of rotatable bonds is 7. The Morgan fingerprint density at radius 3 is 2.44 bits per heavy atom. The molecule has 2 heterocycles. The lowest BCUT2D eigenvalue weighted by Crippen LogP contribution is -2.48. The van der Waals surface area contributed by atoms with Gasteiger partial charge in [-0.2, -0.15) is 0 Å².